The second kappa shape index (κ2) is 7.07. The van der Waals surface area contributed by atoms with E-state index < -0.39 is 0 Å². The summed E-state index contributed by atoms with van der Waals surface area (Å²) in [5, 5.41) is 3.39. The molecule has 0 spiro atoms. The first kappa shape index (κ1) is 16.0. The summed E-state index contributed by atoms with van der Waals surface area (Å²) in [7, 11) is 2.20. The Morgan fingerprint density at radius 3 is 2.62 bits per heavy atom. The van der Waals surface area contributed by atoms with E-state index in [4.69, 9.17) is 4.98 Å². The number of nitrogens with one attached hydrogen (secondary N) is 1. The van der Waals surface area contributed by atoms with Gasteiger partial charge in [-0.2, -0.15) is 0 Å². The van der Waals surface area contributed by atoms with Crippen molar-refractivity contribution in [1.82, 2.24) is 14.9 Å². The van der Waals surface area contributed by atoms with E-state index in [-0.39, 0.29) is 0 Å². The third-order valence-corrected chi connectivity index (χ3v) is 4.24. The van der Waals surface area contributed by atoms with Crippen molar-refractivity contribution in [2.45, 2.75) is 46.6 Å². The molecule has 0 radical (unpaired) electrons. The van der Waals surface area contributed by atoms with E-state index in [1.807, 2.05) is 0 Å². The summed E-state index contributed by atoms with van der Waals surface area (Å²) in [4.78, 5) is 14.4. The van der Waals surface area contributed by atoms with Crippen LogP contribution in [0.4, 0.5) is 11.6 Å². The summed E-state index contributed by atoms with van der Waals surface area (Å²) in [5.74, 6) is 3.07. The SMILES string of the molecule is CCCc1nc(NCC)c(C)c(N2CCN(C)C(C)C2)n1. The van der Waals surface area contributed by atoms with Gasteiger partial charge in [-0.1, -0.05) is 6.92 Å². The number of aryl methyl sites for hydroxylation is 1. The maximum absolute atomic E-state index is 4.84. The number of likely N-dealkylation sites (N-methyl/N-ethyl adjacent to an activating group) is 1. The molecule has 2 heterocycles. The van der Waals surface area contributed by atoms with Gasteiger partial charge >= 0.3 is 0 Å². The van der Waals surface area contributed by atoms with Gasteiger partial charge in [0.2, 0.25) is 0 Å². The molecule has 2 rings (SSSR count). The molecule has 0 saturated carbocycles. The van der Waals surface area contributed by atoms with Crippen LogP contribution in [0.3, 0.4) is 0 Å². The smallest absolute Gasteiger partial charge is 0.137 e. The number of nitrogens with zero attached hydrogens (tertiary/aromatic N) is 4. The van der Waals surface area contributed by atoms with Crippen LogP contribution in [-0.4, -0.2) is 54.1 Å². The lowest BCUT2D eigenvalue weighted by atomic mass is 10.1. The third-order valence-electron chi connectivity index (χ3n) is 4.24. The molecule has 1 aromatic heterocycles. The minimum Gasteiger partial charge on any atom is -0.370 e. The zero-order chi connectivity index (χ0) is 15.4. The van der Waals surface area contributed by atoms with Gasteiger partial charge in [-0.25, -0.2) is 9.97 Å². The third kappa shape index (κ3) is 3.64. The number of aromatic nitrogens is 2. The van der Waals surface area contributed by atoms with Crippen LogP contribution in [0.5, 0.6) is 0 Å². The van der Waals surface area contributed by atoms with E-state index >= 15 is 0 Å². The molecular formula is C16H29N5. The minimum absolute atomic E-state index is 0.560. The second-order valence-corrected chi connectivity index (χ2v) is 5.99. The maximum atomic E-state index is 4.84. The second-order valence-electron chi connectivity index (χ2n) is 5.99. The van der Waals surface area contributed by atoms with Crippen LogP contribution in [-0.2, 0) is 6.42 Å². The monoisotopic (exact) mass is 291 g/mol. The van der Waals surface area contributed by atoms with Crippen molar-refractivity contribution in [3.05, 3.63) is 11.4 Å². The van der Waals surface area contributed by atoms with E-state index in [2.05, 4.69) is 54.8 Å². The Hall–Kier alpha value is -1.36. The Morgan fingerprint density at radius 1 is 1.24 bits per heavy atom. The summed E-state index contributed by atoms with van der Waals surface area (Å²) in [5.41, 5.74) is 1.17. The molecule has 1 saturated heterocycles. The molecule has 1 aromatic rings. The van der Waals surface area contributed by atoms with Crippen molar-refractivity contribution in [3.8, 4) is 0 Å². The van der Waals surface area contributed by atoms with Gasteiger partial charge in [0.25, 0.3) is 0 Å². The standard InChI is InChI=1S/C16H29N5/c1-6-8-14-18-15(17-7-2)13(4)16(19-14)21-10-9-20(5)12(3)11-21/h12H,6-11H2,1-5H3,(H,17,18,19). The highest BCUT2D eigenvalue weighted by Gasteiger charge is 2.24. The van der Waals surface area contributed by atoms with E-state index in [0.717, 1.165) is 56.5 Å². The van der Waals surface area contributed by atoms with E-state index in [0.29, 0.717) is 6.04 Å². The van der Waals surface area contributed by atoms with Gasteiger partial charge in [0.15, 0.2) is 0 Å². The molecule has 1 atom stereocenters. The summed E-state index contributed by atoms with van der Waals surface area (Å²) >= 11 is 0. The van der Waals surface area contributed by atoms with Crippen molar-refractivity contribution < 1.29 is 0 Å². The summed E-state index contributed by atoms with van der Waals surface area (Å²) in [6.45, 7) is 12.7. The highest BCUT2D eigenvalue weighted by molar-refractivity contribution is 5.59. The molecule has 5 nitrogen and oxygen atoms in total. The van der Waals surface area contributed by atoms with Crippen molar-refractivity contribution in [2.75, 3.05) is 43.4 Å². The van der Waals surface area contributed by atoms with Crippen LogP contribution < -0.4 is 10.2 Å². The fourth-order valence-electron chi connectivity index (χ4n) is 2.77. The predicted octanol–water partition coefficient (Wildman–Crippen LogP) is 2.31. The normalized spacial score (nSPS) is 19.9. The Kier molecular flexibility index (Phi) is 5.39. The molecule has 21 heavy (non-hydrogen) atoms. The van der Waals surface area contributed by atoms with Crippen molar-refractivity contribution >= 4 is 11.6 Å². The number of piperazine rings is 1. The number of hydrogen-bond donors (Lipinski definition) is 1. The van der Waals surface area contributed by atoms with Crippen molar-refractivity contribution in [2.24, 2.45) is 0 Å². The van der Waals surface area contributed by atoms with Gasteiger partial charge < -0.3 is 15.1 Å². The molecule has 0 bridgehead atoms. The largest absolute Gasteiger partial charge is 0.370 e. The lowest BCUT2D eigenvalue weighted by Gasteiger charge is -2.39. The average molecular weight is 291 g/mol. The molecule has 1 aliphatic heterocycles. The van der Waals surface area contributed by atoms with Crippen LogP contribution in [0, 0.1) is 6.92 Å². The Morgan fingerprint density at radius 2 is 2.00 bits per heavy atom. The maximum Gasteiger partial charge on any atom is 0.137 e. The predicted molar refractivity (Wildman–Crippen MR) is 89.2 cm³/mol. The van der Waals surface area contributed by atoms with Crippen molar-refractivity contribution in [3.63, 3.8) is 0 Å². The Bertz CT molecular complexity index is 474. The molecular weight excluding hydrogens is 262 g/mol. The topological polar surface area (TPSA) is 44.3 Å². The van der Waals surface area contributed by atoms with Crippen LogP contribution in [0.1, 0.15) is 38.6 Å². The molecule has 1 fully saturated rings. The number of anilines is 2. The van der Waals surface area contributed by atoms with Gasteiger partial charge in [-0.3, -0.25) is 0 Å². The molecule has 1 N–H and O–H groups in total. The molecule has 1 unspecified atom stereocenters. The van der Waals surface area contributed by atoms with Crippen LogP contribution in [0.15, 0.2) is 0 Å². The zero-order valence-electron chi connectivity index (χ0n) is 14.1. The van der Waals surface area contributed by atoms with E-state index in [1.54, 1.807) is 0 Å². The number of hydrogen-bond acceptors (Lipinski definition) is 5. The van der Waals surface area contributed by atoms with Crippen molar-refractivity contribution in [1.29, 1.82) is 0 Å². The first-order valence-corrected chi connectivity index (χ1v) is 8.13. The Labute approximate surface area is 128 Å². The minimum atomic E-state index is 0.560. The fourth-order valence-corrected chi connectivity index (χ4v) is 2.77. The first-order valence-electron chi connectivity index (χ1n) is 8.13. The van der Waals surface area contributed by atoms with Gasteiger partial charge in [-0.15, -0.1) is 0 Å². The van der Waals surface area contributed by atoms with Gasteiger partial charge in [0, 0.05) is 44.2 Å². The van der Waals surface area contributed by atoms with Crippen LogP contribution >= 0.6 is 0 Å². The summed E-state index contributed by atoms with van der Waals surface area (Å²) in [6, 6.07) is 0.560. The van der Waals surface area contributed by atoms with E-state index in [1.165, 1.54) is 5.56 Å². The van der Waals surface area contributed by atoms with Gasteiger partial charge in [-0.05, 0) is 34.2 Å². The lowest BCUT2D eigenvalue weighted by molar-refractivity contribution is 0.233. The highest BCUT2D eigenvalue weighted by Crippen LogP contribution is 2.26. The molecule has 0 aliphatic carbocycles. The summed E-state index contributed by atoms with van der Waals surface area (Å²) in [6.07, 6.45) is 2.02. The summed E-state index contributed by atoms with van der Waals surface area (Å²) < 4.78 is 0. The molecule has 1 aliphatic rings. The molecule has 0 aromatic carbocycles. The first-order chi connectivity index (χ1) is 10.1. The molecule has 118 valence electrons. The van der Waals surface area contributed by atoms with Gasteiger partial charge in [0.05, 0.1) is 0 Å². The quantitative estimate of drug-likeness (QED) is 0.902. The molecule has 0 amide bonds. The van der Waals surface area contributed by atoms with Crippen LogP contribution in [0.2, 0.25) is 0 Å². The Balaban J connectivity index is 2.32. The van der Waals surface area contributed by atoms with E-state index in [9.17, 15) is 0 Å². The lowest BCUT2D eigenvalue weighted by Crippen LogP contribution is -2.50. The fraction of sp³-hybridized carbons (Fsp3) is 0.750. The van der Waals surface area contributed by atoms with Crippen LogP contribution in [0.25, 0.3) is 0 Å². The average Bonchev–Trinajstić information content (AvgIpc) is 2.46. The van der Waals surface area contributed by atoms with Gasteiger partial charge in [0.1, 0.15) is 17.5 Å². The molecule has 5 heteroatoms. The number of rotatable bonds is 5. The zero-order valence-corrected chi connectivity index (χ0v) is 14.1. The highest BCUT2D eigenvalue weighted by atomic mass is 15.3.